The predicted octanol–water partition coefficient (Wildman–Crippen LogP) is -0.352. The number of oxime groups is 1. The zero-order chi connectivity index (χ0) is 37.9. The van der Waals surface area contributed by atoms with Gasteiger partial charge in [-0.1, -0.05) is 16.9 Å². The number of aliphatic carboxylic acids is 1. The predicted molar refractivity (Wildman–Crippen MR) is 172 cm³/mol. The van der Waals surface area contributed by atoms with Crippen LogP contribution in [0.15, 0.2) is 44.4 Å². The Morgan fingerprint density at radius 1 is 1.10 bits per heavy atom. The van der Waals surface area contributed by atoms with Crippen LogP contribution in [-0.2, 0) is 40.7 Å². The van der Waals surface area contributed by atoms with E-state index in [0.717, 1.165) is 44.1 Å². The first-order valence-corrected chi connectivity index (χ1v) is 16.5. The Labute approximate surface area is 299 Å². The van der Waals surface area contributed by atoms with Crippen LogP contribution >= 0.6 is 23.5 Å². The molecule has 2 atom stereocenters. The lowest BCUT2D eigenvalue weighted by molar-refractivity contribution is -0.150. The summed E-state index contributed by atoms with van der Waals surface area (Å²) < 4.78 is 21.5. The lowest BCUT2D eigenvalue weighted by Crippen LogP contribution is -2.71. The number of carbonyl (C=O) groups is 7. The molecule has 1 fully saturated rings. The van der Waals surface area contributed by atoms with Crippen molar-refractivity contribution in [2.75, 3.05) is 17.2 Å². The average Bonchev–Trinajstić information content (AvgIpc) is 3.69. The van der Waals surface area contributed by atoms with E-state index in [0.29, 0.717) is 10.7 Å². The van der Waals surface area contributed by atoms with E-state index >= 15 is 0 Å². The third-order valence-corrected chi connectivity index (χ3v) is 9.14. The highest BCUT2D eigenvalue weighted by Gasteiger charge is 2.54. The number of fused-ring (bicyclic) bond motifs is 1. The summed E-state index contributed by atoms with van der Waals surface area (Å²) in [6, 6.07) is 0.211. The molecule has 2 aliphatic heterocycles. The van der Waals surface area contributed by atoms with E-state index in [4.69, 9.17) is 29.2 Å². The lowest BCUT2D eigenvalue weighted by atomic mass is 10.0. The van der Waals surface area contributed by atoms with Crippen molar-refractivity contribution in [3.05, 3.63) is 40.9 Å². The maximum atomic E-state index is 13.5. The quantitative estimate of drug-likeness (QED) is 0.0404. The van der Waals surface area contributed by atoms with Gasteiger partial charge in [-0.3, -0.25) is 28.9 Å². The molecule has 22 nitrogen and oxygen atoms in total. The highest BCUT2D eigenvalue weighted by atomic mass is 32.2. The number of benzene rings is 1. The number of hydrogen-bond donors (Lipinski definition) is 3. The summed E-state index contributed by atoms with van der Waals surface area (Å²) in [5.41, 5.74) is 4.29. The number of anilines is 1. The number of thioether (sulfide) groups is 2. The number of ether oxygens (including phenoxy) is 3. The van der Waals surface area contributed by atoms with E-state index < -0.39 is 87.6 Å². The van der Waals surface area contributed by atoms with E-state index in [1.54, 1.807) is 7.05 Å². The van der Waals surface area contributed by atoms with Crippen LogP contribution in [0.3, 0.4) is 0 Å². The number of nitrogens with zero attached hydrogens (tertiary/aromatic N) is 7. The van der Waals surface area contributed by atoms with Crippen molar-refractivity contribution in [2.45, 2.75) is 37.3 Å². The number of hydrogen-bond acceptors (Lipinski definition) is 20. The van der Waals surface area contributed by atoms with Gasteiger partial charge in [0.05, 0.1) is 5.56 Å². The fourth-order valence-electron chi connectivity index (χ4n) is 4.64. The number of β-lactam (4-membered cyclic amide) rings is 1. The zero-order valence-electron chi connectivity index (χ0n) is 27.2. The van der Waals surface area contributed by atoms with Crippen LogP contribution in [0.5, 0.6) is 17.2 Å². The van der Waals surface area contributed by atoms with E-state index in [2.05, 4.69) is 31.0 Å². The highest BCUT2D eigenvalue weighted by molar-refractivity contribution is 8.01. The number of esters is 3. The van der Waals surface area contributed by atoms with Gasteiger partial charge < -0.3 is 39.6 Å². The number of carboxylic acids is 1. The van der Waals surface area contributed by atoms with Crippen molar-refractivity contribution in [3.8, 4) is 17.2 Å². The number of carbonyl (C=O) groups excluding carboxylic acids is 6. The number of amides is 2. The molecule has 52 heavy (non-hydrogen) atoms. The summed E-state index contributed by atoms with van der Waals surface area (Å²) in [6.45, 7) is 3.05. The summed E-state index contributed by atoms with van der Waals surface area (Å²) >= 11 is 2.37. The smallest absolute Gasteiger partial charge is 0.366 e. The number of tetrazole rings is 1. The van der Waals surface area contributed by atoms with Gasteiger partial charge in [-0.2, -0.15) is 4.98 Å². The molecule has 0 radical (unpaired) electrons. The lowest BCUT2D eigenvalue weighted by Gasteiger charge is -2.49. The molecule has 0 unspecified atom stereocenters. The molecule has 1 saturated heterocycles. The van der Waals surface area contributed by atoms with Gasteiger partial charge in [-0.15, -0.1) is 16.9 Å². The maximum Gasteiger partial charge on any atom is 0.366 e. The van der Waals surface area contributed by atoms with Gasteiger partial charge in [0.2, 0.25) is 10.9 Å². The Morgan fingerprint density at radius 3 is 2.29 bits per heavy atom. The normalized spacial score (nSPS) is 16.7. The molecule has 4 heterocycles. The van der Waals surface area contributed by atoms with E-state index in [1.807, 2.05) is 0 Å². The molecule has 4 N–H and O–H groups in total. The van der Waals surface area contributed by atoms with Crippen molar-refractivity contribution in [2.24, 2.45) is 12.2 Å². The maximum absolute atomic E-state index is 13.5. The molecule has 5 rings (SSSR count). The van der Waals surface area contributed by atoms with Crippen LogP contribution in [0.4, 0.5) is 6.01 Å². The van der Waals surface area contributed by atoms with Gasteiger partial charge in [-0.25, -0.2) is 14.3 Å². The largest absolute Gasteiger partial charge is 0.477 e. The number of rotatable bonds is 12. The first-order valence-electron chi connectivity index (χ1n) is 14.4. The van der Waals surface area contributed by atoms with Gasteiger partial charge in [0.25, 0.3) is 17.8 Å². The van der Waals surface area contributed by atoms with E-state index in [-0.39, 0.29) is 22.9 Å². The summed E-state index contributed by atoms with van der Waals surface area (Å²) in [6.07, 6.45) is 0.916. The van der Waals surface area contributed by atoms with Crippen LogP contribution in [0.2, 0.25) is 0 Å². The molecule has 0 aliphatic carbocycles. The van der Waals surface area contributed by atoms with Gasteiger partial charge >= 0.3 is 29.8 Å². The molecule has 0 saturated carbocycles. The van der Waals surface area contributed by atoms with Crippen molar-refractivity contribution in [3.63, 3.8) is 0 Å². The number of nitrogens with one attached hydrogen (secondary N) is 1. The number of aromatic nitrogens is 5. The van der Waals surface area contributed by atoms with Crippen molar-refractivity contribution < 1.29 is 62.1 Å². The minimum absolute atomic E-state index is 0.170. The summed E-state index contributed by atoms with van der Waals surface area (Å²) in [5.74, 6) is -8.29. The number of oxazole rings is 1. The molecule has 24 heteroatoms. The standard InChI is InChI=1S/C28H25N9O13S2/c1-10(38)47-16-5-13(6-17(48-11(2)39)21(16)49-12(3)40)26(45)50-33-18(15-7-46-27(29)30-15)22(41)31-19-23(42)37-20(25(43)44)14(8-51-24(19)37)9-52-28-32-34-35-36(28)4/h5-7,19,24H,8-9H2,1-4H3,(H2,29,30)(H,31,41)(H,43,44)/b33-18-/t19-,24-/m1/s1. The Morgan fingerprint density at radius 2 is 1.75 bits per heavy atom. The molecule has 2 aliphatic rings. The van der Waals surface area contributed by atoms with Crippen LogP contribution < -0.4 is 25.3 Å². The molecular weight excluding hydrogens is 734 g/mol. The monoisotopic (exact) mass is 759 g/mol. The Hall–Kier alpha value is -6.30. The Kier molecular flexibility index (Phi) is 10.9. The summed E-state index contributed by atoms with van der Waals surface area (Å²) in [4.78, 5) is 97.3. The van der Waals surface area contributed by atoms with Crippen molar-refractivity contribution in [1.82, 2.24) is 35.4 Å². The van der Waals surface area contributed by atoms with Crippen LogP contribution in [0, 0.1) is 0 Å². The van der Waals surface area contributed by atoms with Crippen molar-refractivity contribution in [1.29, 1.82) is 0 Å². The molecule has 3 aromatic rings. The van der Waals surface area contributed by atoms with E-state index in [9.17, 15) is 38.7 Å². The molecule has 0 bridgehead atoms. The number of carboxylic acid groups (broad SMARTS) is 1. The van der Waals surface area contributed by atoms with Crippen LogP contribution in [-0.4, -0.2) is 105 Å². The second kappa shape index (κ2) is 15.3. The fraction of sp³-hybridized carbons (Fsp3) is 0.286. The Bertz CT molecular complexity index is 2040. The molecular formula is C28H25N9O13S2. The molecule has 2 amide bonds. The summed E-state index contributed by atoms with van der Waals surface area (Å²) in [5, 5.41) is 26.8. The van der Waals surface area contributed by atoms with Gasteiger partial charge in [0, 0.05) is 39.3 Å². The zero-order valence-corrected chi connectivity index (χ0v) is 28.8. The molecule has 0 spiro atoms. The second-order valence-corrected chi connectivity index (χ2v) is 12.5. The number of nitrogen functional groups attached to an aromatic ring is 1. The average molecular weight is 760 g/mol. The topological polar surface area (TPSA) is 300 Å². The molecule has 2 aromatic heterocycles. The molecule has 1 aromatic carbocycles. The molecule has 272 valence electrons. The fourth-order valence-corrected chi connectivity index (χ4v) is 6.97. The summed E-state index contributed by atoms with van der Waals surface area (Å²) in [7, 11) is 1.62. The minimum Gasteiger partial charge on any atom is -0.477 e. The second-order valence-electron chi connectivity index (χ2n) is 10.5. The van der Waals surface area contributed by atoms with Crippen LogP contribution in [0.25, 0.3) is 0 Å². The third kappa shape index (κ3) is 8.02. The number of aryl methyl sites for hydroxylation is 1. The van der Waals surface area contributed by atoms with Gasteiger partial charge in [-0.05, 0) is 28.1 Å². The highest BCUT2D eigenvalue weighted by Crippen LogP contribution is 2.42. The van der Waals surface area contributed by atoms with Gasteiger partial charge in [0.15, 0.2) is 17.2 Å². The third-order valence-electron chi connectivity index (χ3n) is 6.70. The van der Waals surface area contributed by atoms with Crippen LogP contribution in [0.1, 0.15) is 36.8 Å². The first kappa shape index (κ1) is 37.0. The number of nitrogens with two attached hydrogens (primary N) is 1. The minimum atomic E-state index is -1.35. The first-order chi connectivity index (χ1) is 24.6. The van der Waals surface area contributed by atoms with Gasteiger partial charge in [0.1, 0.15) is 29.1 Å². The van der Waals surface area contributed by atoms with Crippen molar-refractivity contribution >= 4 is 76.9 Å². The van der Waals surface area contributed by atoms with E-state index in [1.165, 1.54) is 28.2 Å². The Balaban J connectivity index is 1.38. The SMILES string of the molecule is CC(=O)Oc1cc(C(=O)O/N=C(\C(=O)N[C@@H]2C(=O)N3C(C(=O)O)=C(CSc4nnnn4C)CS[C@H]23)c2coc(N)n2)cc(OC(C)=O)c1OC(C)=O.